The standard InChI is InChI=1S/C30H36N6O10S2/c1-29(2)12-16(13-32-29)9-18-6-5-17-10-19(7-8-21(17)33-18)44-14-24(27(39)40)45-35-25(22-15-47-28(31)34-22)23(37)11-20-26(38)36(30(20,3)4)46-48(41,42)43/h5-8,10,15-16,20,24,32H,9,11-14H2,1-4H3,(H2,31,34)(H,39,40)(H,41,42,43)/b35-25-/t16?,20?,24-/m0/s1. The number of carbonyl (C=O) groups is 3. The second-order valence-electron chi connectivity index (χ2n) is 12.9. The Morgan fingerprint density at radius 1 is 1.21 bits per heavy atom. The summed E-state index contributed by atoms with van der Waals surface area (Å²) in [5.74, 6) is -3.28. The molecule has 2 saturated heterocycles. The average Bonchev–Trinajstić information content (AvgIpc) is 3.58. The van der Waals surface area contributed by atoms with Crippen molar-refractivity contribution in [3.8, 4) is 5.75 Å². The summed E-state index contributed by atoms with van der Waals surface area (Å²) >= 11 is 0.993. The third kappa shape index (κ3) is 8.07. The van der Waals surface area contributed by atoms with Crippen LogP contribution in [0.4, 0.5) is 5.13 Å². The Bertz CT molecular complexity index is 1880. The number of carboxylic acid groups (broad SMARTS) is 1. The first-order valence-electron chi connectivity index (χ1n) is 14.9. The van der Waals surface area contributed by atoms with E-state index in [-0.39, 0.29) is 16.4 Å². The van der Waals surface area contributed by atoms with Gasteiger partial charge in [-0.15, -0.1) is 15.6 Å². The summed E-state index contributed by atoms with van der Waals surface area (Å²) in [5.41, 5.74) is 5.87. The third-order valence-electron chi connectivity index (χ3n) is 8.29. The van der Waals surface area contributed by atoms with Crippen LogP contribution in [0.15, 0.2) is 40.9 Å². The van der Waals surface area contributed by atoms with Crippen molar-refractivity contribution in [2.75, 3.05) is 18.9 Å². The van der Waals surface area contributed by atoms with Crippen molar-refractivity contribution < 1.29 is 46.3 Å². The monoisotopic (exact) mass is 704 g/mol. The number of ketones is 1. The number of nitrogen functional groups attached to an aromatic ring is 1. The van der Waals surface area contributed by atoms with Crippen LogP contribution in [0.1, 0.15) is 51.9 Å². The van der Waals surface area contributed by atoms with Crippen molar-refractivity contribution in [1.82, 2.24) is 20.3 Å². The summed E-state index contributed by atoms with van der Waals surface area (Å²) in [7, 11) is -4.99. The number of oxime groups is 1. The number of nitrogens with two attached hydrogens (primary N) is 1. The highest BCUT2D eigenvalue weighted by Gasteiger charge is 2.57. The lowest BCUT2D eigenvalue weighted by Crippen LogP contribution is -2.68. The van der Waals surface area contributed by atoms with Gasteiger partial charge in [-0.05, 0) is 77.3 Å². The molecule has 5 rings (SSSR count). The molecular weight excluding hydrogens is 668 g/mol. The van der Waals surface area contributed by atoms with Gasteiger partial charge in [-0.1, -0.05) is 11.2 Å². The summed E-state index contributed by atoms with van der Waals surface area (Å²) < 4.78 is 41.3. The van der Waals surface area contributed by atoms with E-state index >= 15 is 0 Å². The van der Waals surface area contributed by atoms with Crippen molar-refractivity contribution in [3.05, 3.63) is 47.1 Å². The average molecular weight is 705 g/mol. The first-order valence-corrected chi connectivity index (χ1v) is 17.2. The number of carboxylic acids is 1. The van der Waals surface area contributed by atoms with Crippen molar-refractivity contribution in [3.63, 3.8) is 0 Å². The van der Waals surface area contributed by atoms with Crippen molar-refractivity contribution in [1.29, 1.82) is 0 Å². The lowest BCUT2D eigenvalue weighted by Gasteiger charge is -2.50. The zero-order valence-corrected chi connectivity index (χ0v) is 28.2. The molecule has 258 valence electrons. The number of pyridine rings is 1. The minimum Gasteiger partial charge on any atom is -0.489 e. The number of anilines is 1. The first-order chi connectivity index (χ1) is 22.4. The number of carbonyl (C=O) groups excluding carboxylic acids is 2. The van der Waals surface area contributed by atoms with Gasteiger partial charge in [-0.25, -0.2) is 9.78 Å². The number of Topliss-reactive ketones (excluding diaryl/α,β-unsaturated/α-hetero) is 1. The minimum absolute atomic E-state index is 0.0162. The van der Waals surface area contributed by atoms with Crippen LogP contribution in [0, 0.1) is 11.8 Å². The second-order valence-corrected chi connectivity index (χ2v) is 14.8. The number of nitrogens with zero attached hydrogens (tertiary/aromatic N) is 4. The van der Waals surface area contributed by atoms with Gasteiger partial charge in [0.1, 0.15) is 18.1 Å². The summed E-state index contributed by atoms with van der Waals surface area (Å²) in [6.07, 6.45) is -0.218. The number of β-lactam (4-membered cyclic amide) rings is 1. The zero-order chi connectivity index (χ0) is 35.0. The van der Waals surface area contributed by atoms with E-state index in [1.165, 1.54) is 19.2 Å². The molecule has 2 aliphatic rings. The second kappa shape index (κ2) is 13.3. The van der Waals surface area contributed by atoms with Gasteiger partial charge in [0.05, 0.1) is 17.0 Å². The smallest absolute Gasteiger partial charge is 0.418 e. The molecular formula is C30H36N6O10S2. The fraction of sp³-hybridized carbons (Fsp3) is 0.467. The Balaban J connectivity index is 1.26. The van der Waals surface area contributed by atoms with Gasteiger partial charge in [0.25, 0.3) is 12.0 Å². The zero-order valence-electron chi connectivity index (χ0n) is 26.6. The Labute approximate surface area is 280 Å². The van der Waals surface area contributed by atoms with E-state index in [9.17, 15) is 27.9 Å². The van der Waals surface area contributed by atoms with Crippen molar-refractivity contribution >= 4 is 61.1 Å². The number of hydrogen-bond donors (Lipinski definition) is 4. The van der Waals surface area contributed by atoms with Crippen LogP contribution in [-0.4, -0.2) is 86.8 Å². The van der Waals surface area contributed by atoms with Crippen LogP contribution < -0.4 is 15.8 Å². The van der Waals surface area contributed by atoms with Gasteiger partial charge in [0, 0.05) is 28.4 Å². The molecule has 0 saturated carbocycles. The molecule has 0 aliphatic carbocycles. The lowest BCUT2D eigenvalue weighted by molar-refractivity contribution is -0.228. The molecule has 48 heavy (non-hydrogen) atoms. The molecule has 4 heterocycles. The summed E-state index contributed by atoms with van der Waals surface area (Å²) in [6.45, 7) is 7.70. The number of hydroxylamine groups is 2. The van der Waals surface area contributed by atoms with Crippen molar-refractivity contribution in [2.24, 2.45) is 17.0 Å². The van der Waals surface area contributed by atoms with Crippen LogP contribution in [0.2, 0.25) is 0 Å². The number of aliphatic carboxylic acids is 1. The Hall–Kier alpha value is -4.23. The molecule has 2 aromatic heterocycles. The van der Waals surface area contributed by atoms with Crippen LogP contribution in [0.25, 0.3) is 10.9 Å². The first kappa shape index (κ1) is 35.1. The molecule has 0 radical (unpaired) electrons. The maximum atomic E-state index is 13.4. The summed E-state index contributed by atoms with van der Waals surface area (Å²) in [6, 6.07) is 9.09. The molecule has 2 unspecified atom stereocenters. The van der Waals surface area contributed by atoms with Gasteiger partial charge in [-0.2, -0.15) is 13.5 Å². The predicted molar refractivity (Wildman–Crippen MR) is 173 cm³/mol. The quantitative estimate of drug-likeness (QED) is 0.0817. The number of fused-ring (bicyclic) bond motifs is 1. The van der Waals surface area contributed by atoms with E-state index < -0.39 is 64.4 Å². The Morgan fingerprint density at radius 2 is 1.96 bits per heavy atom. The number of thiazole rings is 1. The highest BCUT2D eigenvalue weighted by atomic mass is 32.3. The Kier molecular flexibility index (Phi) is 9.76. The molecule has 3 aromatic rings. The van der Waals surface area contributed by atoms with Crippen molar-refractivity contribution in [2.45, 2.75) is 64.1 Å². The lowest BCUT2D eigenvalue weighted by atomic mass is 9.74. The van der Waals surface area contributed by atoms with E-state index in [0.29, 0.717) is 16.7 Å². The van der Waals surface area contributed by atoms with Crippen LogP contribution in [0.3, 0.4) is 0 Å². The number of hydrogen-bond acceptors (Lipinski definition) is 14. The molecule has 16 nitrogen and oxygen atoms in total. The van der Waals surface area contributed by atoms with E-state index in [1.54, 1.807) is 18.2 Å². The van der Waals surface area contributed by atoms with Gasteiger partial charge in [0.2, 0.25) is 0 Å². The summed E-state index contributed by atoms with van der Waals surface area (Å²) in [5, 5.41) is 19.9. The van der Waals surface area contributed by atoms with Crippen LogP contribution in [-0.2, 0) is 40.3 Å². The number of ether oxygens (including phenoxy) is 1. The Morgan fingerprint density at radius 3 is 2.56 bits per heavy atom. The molecule has 18 heteroatoms. The summed E-state index contributed by atoms with van der Waals surface area (Å²) in [4.78, 5) is 52.1. The molecule has 1 amide bonds. The van der Waals surface area contributed by atoms with Crippen LogP contribution >= 0.6 is 11.3 Å². The van der Waals surface area contributed by atoms with Gasteiger partial charge < -0.3 is 25.7 Å². The molecule has 0 spiro atoms. The van der Waals surface area contributed by atoms with Crippen LogP contribution in [0.5, 0.6) is 5.75 Å². The molecule has 3 atom stereocenters. The maximum absolute atomic E-state index is 13.4. The number of amides is 1. The molecule has 1 aromatic carbocycles. The molecule has 2 fully saturated rings. The number of benzene rings is 1. The fourth-order valence-corrected chi connectivity index (χ4v) is 6.80. The number of rotatable bonds is 14. The SMILES string of the molecule is CC1(C)CC(Cc2ccc3cc(OC[C@H](O/N=C(\C(=O)CC4C(=O)N(OS(=O)(=O)O)C4(C)C)c4csc(N)n4)C(=O)O)ccc3n2)CN1. The third-order valence-corrected chi connectivity index (χ3v) is 9.31. The van der Waals surface area contributed by atoms with E-state index in [1.807, 2.05) is 12.1 Å². The van der Waals surface area contributed by atoms with E-state index in [0.717, 1.165) is 47.3 Å². The van der Waals surface area contributed by atoms with Gasteiger partial charge in [0.15, 0.2) is 16.6 Å². The van der Waals surface area contributed by atoms with E-state index in [4.69, 9.17) is 24.8 Å². The minimum atomic E-state index is -4.99. The predicted octanol–water partition coefficient (Wildman–Crippen LogP) is 2.39. The largest absolute Gasteiger partial charge is 0.489 e. The highest BCUT2D eigenvalue weighted by Crippen LogP contribution is 2.40. The number of aromatic nitrogens is 2. The van der Waals surface area contributed by atoms with Gasteiger partial charge in [-0.3, -0.25) is 19.1 Å². The molecule has 2 aliphatic heterocycles. The topological polar surface area (TPSA) is 233 Å². The number of nitrogens with one attached hydrogen (secondary N) is 1. The normalized spacial score (nSPS) is 21.1. The molecule has 5 N–H and O–H groups in total. The maximum Gasteiger partial charge on any atom is 0.418 e. The molecule has 0 bridgehead atoms. The van der Waals surface area contributed by atoms with E-state index in [2.05, 4.69) is 33.6 Å². The van der Waals surface area contributed by atoms with Gasteiger partial charge >= 0.3 is 16.4 Å². The highest BCUT2D eigenvalue weighted by molar-refractivity contribution is 7.80. The fourth-order valence-electron chi connectivity index (χ4n) is 5.80.